The lowest BCUT2D eigenvalue weighted by Crippen LogP contribution is -2.03. The van der Waals surface area contributed by atoms with Crippen LogP contribution in [0.1, 0.15) is 38.5 Å². The van der Waals surface area contributed by atoms with Crippen molar-refractivity contribution in [3.63, 3.8) is 0 Å². The molecule has 0 atom stereocenters. The van der Waals surface area contributed by atoms with Crippen molar-refractivity contribution in [2.45, 2.75) is 38.5 Å². The van der Waals surface area contributed by atoms with Crippen molar-refractivity contribution in [3.8, 4) is 5.75 Å². The van der Waals surface area contributed by atoms with Crippen LogP contribution in [0.25, 0.3) is 0 Å². The number of para-hydroxylation sites is 1. The first-order valence-corrected chi connectivity index (χ1v) is 8.32. The molecule has 4 nitrogen and oxygen atoms in total. The van der Waals surface area contributed by atoms with Gasteiger partial charge in [-0.3, -0.25) is 4.55 Å². The molecule has 0 aliphatic carbocycles. The van der Waals surface area contributed by atoms with Crippen LogP contribution in [-0.4, -0.2) is 25.3 Å². The first kappa shape index (κ1) is 16.0. The minimum atomic E-state index is -3.78. The summed E-state index contributed by atoms with van der Waals surface area (Å²) in [5, 5.41) is 0. The van der Waals surface area contributed by atoms with Crippen LogP contribution in [0.4, 0.5) is 0 Å². The van der Waals surface area contributed by atoms with E-state index in [1.165, 1.54) is 0 Å². The normalized spacial score (nSPS) is 11.4. The summed E-state index contributed by atoms with van der Waals surface area (Å²) in [5.41, 5.74) is 0. The zero-order chi connectivity index (χ0) is 14.0. The highest BCUT2D eigenvalue weighted by molar-refractivity contribution is 7.85. The summed E-state index contributed by atoms with van der Waals surface area (Å²) in [6, 6.07) is 9.74. The van der Waals surface area contributed by atoms with Gasteiger partial charge in [-0.2, -0.15) is 8.42 Å². The minimum absolute atomic E-state index is 0.121. The zero-order valence-corrected chi connectivity index (χ0v) is 11.9. The molecule has 0 heterocycles. The number of rotatable bonds is 10. The fraction of sp³-hybridized carbons (Fsp3) is 0.571. The minimum Gasteiger partial charge on any atom is -0.494 e. The van der Waals surface area contributed by atoms with Gasteiger partial charge in [-0.25, -0.2) is 0 Å². The third kappa shape index (κ3) is 9.50. The zero-order valence-electron chi connectivity index (χ0n) is 11.1. The van der Waals surface area contributed by atoms with E-state index in [1.54, 1.807) is 0 Å². The Kier molecular flexibility index (Phi) is 7.52. The second-order valence-corrected chi connectivity index (χ2v) is 6.14. The Morgan fingerprint density at radius 3 is 2.11 bits per heavy atom. The van der Waals surface area contributed by atoms with E-state index in [0.29, 0.717) is 6.42 Å². The van der Waals surface area contributed by atoms with Gasteiger partial charge in [-0.1, -0.05) is 43.9 Å². The van der Waals surface area contributed by atoms with Crippen LogP contribution in [-0.2, 0) is 10.1 Å². The third-order valence-electron chi connectivity index (χ3n) is 2.81. The van der Waals surface area contributed by atoms with Gasteiger partial charge in [0.1, 0.15) is 5.75 Å². The van der Waals surface area contributed by atoms with Gasteiger partial charge in [0.05, 0.1) is 12.4 Å². The number of ether oxygens (including phenoxy) is 1. The molecule has 0 saturated carbocycles. The molecule has 0 aliphatic rings. The number of hydrogen-bond donors (Lipinski definition) is 1. The number of benzene rings is 1. The molecule has 0 fully saturated rings. The standard InChI is InChI=1S/C14H22O4S/c15-19(16,17)13-9-4-2-1-3-8-12-18-14-10-6-5-7-11-14/h5-7,10-11H,1-4,8-9,12-13H2,(H,15,16,17). The summed E-state index contributed by atoms with van der Waals surface area (Å²) in [5.74, 6) is 0.778. The highest BCUT2D eigenvalue weighted by Crippen LogP contribution is 2.10. The predicted molar refractivity (Wildman–Crippen MR) is 76.1 cm³/mol. The van der Waals surface area contributed by atoms with E-state index >= 15 is 0 Å². The number of hydrogen-bond acceptors (Lipinski definition) is 3. The lowest BCUT2D eigenvalue weighted by molar-refractivity contribution is 0.304. The topological polar surface area (TPSA) is 63.6 Å². The van der Waals surface area contributed by atoms with Gasteiger partial charge in [-0.15, -0.1) is 0 Å². The van der Waals surface area contributed by atoms with Gasteiger partial charge < -0.3 is 4.74 Å². The monoisotopic (exact) mass is 286 g/mol. The van der Waals surface area contributed by atoms with Crippen molar-refractivity contribution < 1.29 is 17.7 Å². The van der Waals surface area contributed by atoms with Crippen molar-refractivity contribution in [2.24, 2.45) is 0 Å². The largest absolute Gasteiger partial charge is 0.494 e. The van der Waals surface area contributed by atoms with Gasteiger partial charge in [0.2, 0.25) is 0 Å². The average Bonchev–Trinajstić information content (AvgIpc) is 2.37. The summed E-state index contributed by atoms with van der Waals surface area (Å²) in [6.45, 7) is 0.717. The second-order valence-electron chi connectivity index (χ2n) is 4.57. The van der Waals surface area contributed by atoms with E-state index in [4.69, 9.17) is 9.29 Å². The first-order valence-electron chi connectivity index (χ1n) is 6.71. The Labute approximate surface area is 115 Å². The Morgan fingerprint density at radius 1 is 0.895 bits per heavy atom. The fourth-order valence-electron chi connectivity index (χ4n) is 1.80. The van der Waals surface area contributed by atoms with Crippen molar-refractivity contribution in [1.29, 1.82) is 0 Å². The SMILES string of the molecule is O=S(=O)(O)CCCCCCCCOc1ccccc1. The summed E-state index contributed by atoms with van der Waals surface area (Å²) in [4.78, 5) is 0. The summed E-state index contributed by atoms with van der Waals surface area (Å²) in [6.07, 6.45) is 5.55. The van der Waals surface area contributed by atoms with Gasteiger partial charge in [-0.05, 0) is 25.0 Å². The fourth-order valence-corrected chi connectivity index (χ4v) is 2.37. The van der Waals surface area contributed by atoms with E-state index in [-0.39, 0.29) is 5.75 Å². The molecule has 0 unspecified atom stereocenters. The highest BCUT2D eigenvalue weighted by Gasteiger charge is 2.02. The van der Waals surface area contributed by atoms with E-state index in [0.717, 1.165) is 44.5 Å². The Balaban J connectivity index is 1.89. The van der Waals surface area contributed by atoms with Gasteiger partial charge in [0.25, 0.3) is 10.1 Å². The molecule has 0 aromatic heterocycles. The summed E-state index contributed by atoms with van der Waals surface area (Å²) < 4.78 is 35.1. The molecule has 1 aromatic carbocycles. The van der Waals surface area contributed by atoms with Gasteiger partial charge in [0.15, 0.2) is 0 Å². The van der Waals surface area contributed by atoms with E-state index in [2.05, 4.69) is 0 Å². The molecule has 1 rings (SSSR count). The smallest absolute Gasteiger partial charge is 0.264 e. The molecule has 1 N–H and O–H groups in total. The molecule has 0 aliphatic heterocycles. The Bertz CT molecular complexity index is 428. The molecule has 0 amide bonds. The van der Waals surface area contributed by atoms with Crippen LogP contribution >= 0.6 is 0 Å². The predicted octanol–water partition coefficient (Wildman–Crippen LogP) is 3.29. The van der Waals surface area contributed by atoms with Crippen molar-refractivity contribution in [3.05, 3.63) is 30.3 Å². The Morgan fingerprint density at radius 2 is 1.47 bits per heavy atom. The molecular formula is C14H22O4S. The maximum Gasteiger partial charge on any atom is 0.264 e. The van der Waals surface area contributed by atoms with Crippen LogP contribution in [0.5, 0.6) is 5.75 Å². The number of unbranched alkanes of at least 4 members (excludes halogenated alkanes) is 5. The summed E-state index contributed by atoms with van der Waals surface area (Å²) in [7, 11) is -3.78. The molecule has 5 heteroatoms. The van der Waals surface area contributed by atoms with E-state index in [9.17, 15) is 8.42 Å². The van der Waals surface area contributed by atoms with Crippen LogP contribution in [0.2, 0.25) is 0 Å². The average molecular weight is 286 g/mol. The molecule has 0 saturated heterocycles. The second kappa shape index (κ2) is 8.93. The Hall–Kier alpha value is -1.07. The van der Waals surface area contributed by atoms with Gasteiger partial charge in [0, 0.05) is 0 Å². The van der Waals surface area contributed by atoms with Crippen molar-refractivity contribution >= 4 is 10.1 Å². The molecular weight excluding hydrogens is 264 g/mol. The molecule has 0 spiro atoms. The summed E-state index contributed by atoms with van der Waals surface area (Å²) >= 11 is 0. The lowest BCUT2D eigenvalue weighted by atomic mass is 10.1. The van der Waals surface area contributed by atoms with Crippen LogP contribution in [0, 0.1) is 0 Å². The highest BCUT2D eigenvalue weighted by atomic mass is 32.2. The third-order valence-corrected chi connectivity index (χ3v) is 3.61. The van der Waals surface area contributed by atoms with Crippen molar-refractivity contribution in [2.75, 3.05) is 12.4 Å². The quantitative estimate of drug-likeness (QED) is 0.529. The lowest BCUT2D eigenvalue weighted by Gasteiger charge is -2.05. The van der Waals surface area contributed by atoms with Crippen molar-refractivity contribution in [1.82, 2.24) is 0 Å². The van der Waals surface area contributed by atoms with E-state index < -0.39 is 10.1 Å². The van der Waals surface area contributed by atoms with Crippen LogP contribution in [0.15, 0.2) is 30.3 Å². The van der Waals surface area contributed by atoms with Crippen LogP contribution in [0.3, 0.4) is 0 Å². The first-order chi connectivity index (χ1) is 9.08. The molecule has 0 radical (unpaired) electrons. The van der Waals surface area contributed by atoms with E-state index in [1.807, 2.05) is 30.3 Å². The maximum atomic E-state index is 10.5. The van der Waals surface area contributed by atoms with Crippen LogP contribution < -0.4 is 4.74 Å². The molecule has 0 bridgehead atoms. The molecule has 19 heavy (non-hydrogen) atoms. The molecule has 1 aromatic rings. The van der Waals surface area contributed by atoms with Gasteiger partial charge >= 0.3 is 0 Å². The molecule has 108 valence electrons. The maximum absolute atomic E-state index is 10.5.